The molecule has 0 saturated carbocycles. The third-order valence-corrected chi connectivity index (χ3v) is 4.97. The van der Waals surface area contributed by atoms with Crippen LogP contribution < -0.4 is 10.6 Å². The molecule has 0 aromatic heterocycles. The summed E-state index contributed by atoms with van der Waals surface area (Å²) in [5.41, 5.74) is 1.97. The van der Waals surface area contributed by atoms with Crippen LogP contribution in [-0.2, 0) is 16.2 Å². The van der Waals surface area contributed by atoms with Crippen molar-refractivity contribution in [3.8, 4) is 0 Å². The number of nitrogens with zero attached hydrogens (tertiary/aromatic N) is 2. The van der Waals surface area contributed by atoms with Gasteiger partial charge in [-0.1, -0.05) is 35.5 Å². The fourth-order valence-electron chi connectivity index (χ4n) is 3.33. The summed E-state index contributed by atoms with van der Waals surface area (Å²) >= 11 is 0. The van der Waals surface area contributed by atoms with E-state index < -0.39 is 6.09 Å². The van der Waals surface area contributed by atoms with Crippen LogP contribution in [0.5, 0.6) is 0 Å². The molecule has 0 bridgehead atoms. The number of nitrogens with one attached hydrogen (secondary N) is 2. The van der Waals surface area contributed by atoms with Crippen LogP contribution in [0.15, 0.2) is 35.5 Å². The quantitative estimate of drug-likeness (QED) is 0.679. The number of likely N-dealkylation sites (tertiary alicyclic amines) is 1. The van der Waals surface area contributed by atoms with Gasteiger partial charge in [-0.3, -0.25) is 4.79 Å². The van der Waals surface area contributed by atoms with Gasteiger partial charge in [0.1, 0.15) is 6.61 Å². The number of rotatable bonds is 5. The summed E-state index contributed by atoms with van der Waals surface area (Å²) in [7, 11) is 0. The summed E-state index contributed by atoms with van der Waals surface area (Å²) in [5, 5.41) is 19.4. The van der Waals surface area contributed by atoms with Crippen molar-refractivity contribution in [3.63, 3.8) is 0 Å². The Morgan fingerprint density at radius 1 is 1.22 bits per heavy atom. The molecule has 2 aliphatic rings. The van der Waals surface area contributed by atoms with E-state index in [1.807, 2.05) is 30.3 Å². The maximum absolute atomic E-state index is 12.4. The lowest BCUT2D eigenvalue weighted by atomic mass is 10.0. The van der Waals surface area contributed by atoms with Gasteiger partial charge in [0, 0.05) is 25.7 Å². The van der Waals surface area contributed by atoms with Crippen molar-refractivity contribution in [3.05, 3.63) is 35.9 Å². The summed E-state index contributed by atoms with van der Waals surface area (Å²) < 4.78 is 0. The number of piperidine rings is 2. The van der Waals surface area contributed by atoms with Crippen molar-refractivity contribution < 1.29 is 19.5 Å². The molecule has 1 aromatic rings. The van der Waals surface area contributed by atoms with E-state index in [1.165, 1.54) is 4.90 Å². The average molecular weight is 374 g/mol. The maximum atomic E-state index is 12.4. The molecule has 8 nitrogen and oxygen atoms in total. The Balaban J connectivity index is 1.36. The van der Waals surface area contributed by atoms with Gasteiger partial charge in [-0.05, 0) is 31.2 Å². The normalized spacial score (nSPS) is 22.4. The van der Waals surface area contributed by atoms with E-state index in [4.69, 9.17) is 9.94 Å². The molecular weight excluding hydrogens is 348 g/mol. The van der Waals surface area contributed by atoms with Crippen molar-refractivity contribution in [2.75, 3.05) is 19.6 Å². The Morgan fingerprint density at radius 3 is 2.59 bits per heavy atom. The second-order valence-corrected chi connectivity index (χ2v) is 6.94. The first-order valence-corrected chi connectivity index (χ1v) is 9.35. The van der Waals surface area contributed by atoms with Crippen LogP contribution in [-0.4, -0.2) is 59.4 Å². The molecule has 27 heavy (non-hydrogen) atoms. The van der Waals surface area contributed by atoms with E-state index >= 15 is 0 Å². The molecule has 3 N–H and O–H groups in total. The molecule has 0 aliphatic carbocycles. The lowest BCUT2D eigenvalue weighted by Gasteiger charge is -2.32. The zero-order chi connectivity index (χ0) is 19.1. The number of carbonyl (C=O) groups excluding carboxylic acids is 1. The van der Waals surface area contributed by atoms with Crippen molar-refractivity contribution in [1.82, 2.24) is 15.5 Å². The molecule has 2 aliphatic heterocycles. The van der Waals surface area contributed by atoms with Crippen molar-refractivity contribution in [2.24, 2.45) is 5.16 Å². The fourth-order valence-corrected chi connectivity index (χ4v) is 3.33. The Labute approximate surface area is 158 Å². The van der Waals surface area contributed by atoms with Gasteiger partial charge in [-0.2, -0.15) is 0 Å². The molecular formula is C19H26N4O4. The van der Waals surface area contributed by atoms with Crippen LogP contribution in [0.4, 0.5) is 4.79 Å². The molecule has 3 rings (SSSR count). The molecule has 2 fully saturated rings. The molecule has 1 unspecified atom stereocenters. The predicted octanol–water partition coefficient (Wildman–Crippen LogP) is 1.57. The van der Waals surface area contributed by atoms with E-state index in [-0.39, 0.29) is 18.0 Å². The number of amides is 2. The number of benzene rings is 1. The predicted molar refractivity (Wildman–Crippen MR) is 100 cm³/mol. The van der Waals surface area contributed by atoms with Gasteiger partial charge < -0.3 is 25.5 Å². The minimum atomic E-state index is -0.893. The highest BCUT2D eigenvalue weighted by Gasteiger charge is 2.28. The Kier molecular flexibility index (Phi) is 6.64. The van der Waals surface area contributed by atoms with Gasteiger partial charge >= 0.3 is 6.09 Å². The Morgan fingerprint density at radius 2 is 1.96 bits per heavy atom. The molecule has 0 spiro atoms. The highest BCUT2D eigenvalue weighted by atomic mass is 16.6. The Bertz CT molecular complexity index is 662. The highest BCUT2D eigenvalue weighted by molar-refractivity contribution is 5.90. The maximum Gasteiger partial charge on any atom is 0.407 e. The molecule has 2 heterocycles. The van der Waals surface area contributed by atoms with Crippen molar-refractivity contribution in [2.45, 2.75) is 44.4 Å². The number of carbonyl (C=O) groups is 2. The van der Waals surface area contributed by atoms with E-state index in [9.17, 15) is 9.59 Å². The second kappa shape index (κ2) is 9.36. The summed E-state index contributed by atoms with van der Waals surface area (Å²) in [5.74, 6) is -0.0203. The monoisotopic (exact) mass is 374 g/mol. The standard InChI is InChI=1S/C19H26N4O4/c24-18(21-15-8-10-23(11-9-15)19(25)26)17-7-6-16(12-20-17)22-27-13-14-4-2-1-3-5-14/h1-5,15,17,20H,6-13H2,(H,21,24)(H,25,26). The SMILES string of the molecule is O=C(NC1CCN(C(=O)O)CC1)C1CCC(=NOCc2ccccc2)CN1. The smallest absolute Gasteiger partial charge is 0.407 e. The molecule has 2 saturated heterocycles. The molecule has 0 radical (unpaired) electrons. The van der Waals surface area contributed by atoms with E-state index in [1.54, 1.807) is 0 Å². The van der Waals surface area contributed by atoms with Crippen LogP contribution in [0, 0.1) is 0 Å². The topological polar surface area (TPSA) is 103 Å². The van der Waals surface area contributed by atoms with Gasteiger partial charge in [0.15, 0.2) is 0 Å². The zero-order valence-electron chi connectivity index (χ0n) is 15.3. The second-order valence-electron chi connectivity index (χ2n) is 6.94. The number of hydrogen-bond acceptors (Lipinski definition) is 5. The van der Waals surface area contributed by atoms with Gasteiger partial charge in [0.05, 0.1) is 11.8 Å². The van der Waals surface area contributed by atoms with Crippen LogP contribution in [0.2, 0.25) is 0 Å². The minimum absolute atomic E-state index is 0.0203. The van der Waals surface area contributed by atoms with Gasteiger partial charge in [-0.25, -0.2) is 4.79 Å². The molecule has 2 amide bonds. The molecule has 8 heteroatoms. The summed E-state index contributed by atoms with van der Waals surface area (Å²) in [4.78, 5) is 30.1. The van der Waals surface area contributed by atoms with Gasteiger partial charge in [0.25, 0.3) is 0 Å². The van der Waals surface area contributed by atoms with Crippen LogP contribution in [0.3, 0.4) is 0 Å². The van der Waals surface area contributed by atoms with Crippen molar-refractivity contribution >= 4 is 17.7 Å². The summed E-state index contributed by atoms with van der Waals surface area (Å²) in [6.45, 7) is 1.90. The molecule has 1 aromatic carbocycles. The first kappa shape index (κ1) is 19.2. The largest absolute Gasteiger partial charge is 0.465 e. The van der Waals surface area contributed by atoms with Crippen LogP contribution in [0.25, 0.3) is 0 Å². The van der Waals surface area contributed by atoms with E-state index in [0.29, 0.717) is 45.5 Å². The molecule has 146 valence electrons. The zero-order valence-corrected chi connectivity index (χ0v) is 15.3. The average Bonchev–Trinajstić information content (AvgIpc) is 2.70. The van der Waals surface area contributed by atoms with Crippen LogP contribution >= 0.6 is 0 Å². The van der Waals surface area contributed by atoms with E-state index in [2.05, 4.69) is 15.8 Å². The van der Waals surface area contributed by atoms with Gasteiger partial charge in [-0.15, -0.1) is 0 Å². The third kappa shape index (κ3) is 5.68. The minimum Gasteiger partial charge on any atom is -0.465 e. The first-order chi connectivity index (χ1) is 13.1. The molecule has 1 atom stereocenters. The van der Waals surface area contributed by atoms with Crippen LogP contribution in [0.1, 0.15) is 31.2 Å². The van der Waals surface area contributed by atoms with E-state index in [0.717, 1.165) is 17.7 Å². The lowest BCUT2D eigenvalue weighted by molar-refractivity contribution is -0.124. The lowest BCUT2D eigenvalue weighted by Crippen LogP contribution is -2.53. The fraction of sp³-hybridized carbons (Fsp3) is 0.526. The number of oxime groups is 1. The third-order valence-electron chi connectivity index (χ3n) is 4.97. The van der Waals surface area contributed by atoms with Gasteiger partial charge in [0.2, 0.25) is 5.91 Å². The summed E-state index contributed by atoms with van der Waals surface area (Å²) in [6, 6.07) is 9.66. The number of hydrogen-bond donors (Lipinski definition) is 3. The number of carboxylic acid groups (broad SMARTS) is 1. The first-order valence-electron chi connectivity index (χ1n) is 9.35. The van der Waals surface area contributed by atoms with Crippen molar-refractivity contribution in [1.29, 1.82) is 0 Å². The summed E-state index contributed by atoms with van der Waals surface area (Å²) in [6.07, 6.45) is 1.82. The Hall–Kier alpha value is -2.61. The highest BCUT2D eigenvalue weighted by Crippen LogP contribution is 2.12.